The van der Waals surface area contributed by atoms with Crippen LogP contribution in [0.15, 0.2) is 29.2 Å². The lowest BCUT2D eigenvalue weighted by molar-refractivity contribution is -0.139. The van der Waals surface area contributed by atoms with E-state index in [-0.39, 0.29) is 20.7 Å². The molecule has 0 aliphatic heterocycles. The van der Waals surface area contributed by atoms with Crippen molar-refractivity contribution in [2.24, 2.45) is 0 Å². The first kappa shape index (κ1) is 23.1. The minimum Gasteiger partial charge on any atom is -0.479 e. The van der Waals surface area contributed by atoms with Crippen LogP contribution in [0, 0.1) is 5.82 Å². The van der Waals surface area contributed by atoms with E-state index in [9.17, 15) is 17.6 Å². The average molecular weight is 497 g/mol. The van der Waals surface area contributed by atoms with Gasteiger partial charge < -0.3 is 9.84 Å². The standard InChI is InChI=1S/C19H17Cl3FNO5S/c20-10-4-5-16(13(21)6-10)30(27,28)9-24-15-3-1-2-11-12(15)7-14(22)18(23)19(11)29-8-17(25)26/h4-7,15,24H,1-3,8-9H2,(H,25,26). The van der Waals surface area contributed by atoms with Crippen molar-refractivity contribution in [3.8, 4) is 5.75 Å². The molecule has 162 valence electrons. The van der Waals surface area contributed by atoms with E-state index < -0.39 is 40.1 Å². The second kappa shape index (κ2) is 9.28. The SMILES string of the molecule is O=C(O)COc1c(F)c(Cl)cc2c1CCCC2NCS(=O)(=O)c1ccc(Cl)cc1Cl. The highest BCUT2D eigenvalue weighted by Crippen LogP contribution is 2.40. The van der Waals surface area contributed by atoms with E-state index in [1.165, 1.54) is 24.3 Å². The number of benzene rings is 2. The van der Waals surface area contributed by atoms with Crippen LogP contribution >= 0.6 is 34.8 Å². The molecule has 1 atom stereocenters. The molecule has 0 heterocycles. The summed E-state index contributed by atoms with van der Waals surface area (Å²) in [7, 11) is -3.78. The van der Waals surface area contributed by atoms with Crippen molar-refractivity contribution < 1.29 is 27.4 Å². The van der Waals surface area contributed by atoms with Gasteiger partial charge in [0.2, 0.25) is 0 Å². The third-order valence-corrected chi connectivity index (χ3v) is 7.21. The molecule has 2 aromatic carbocycles. The van der Waals surface area contributed by atoms with E-state index in [1.54, 1.807) is 0 Å². The largest absolute Gasteiger partial charge is 0.479 e. The summed E-state index contributed by atoms with van der Waals surface area (Å²) in [6.45, 7) is -0.717. The molecule has 0 fully saturated rings. The zero-order valence-corrected chi connectivity index (χ0v) is 18.5. The second-order valence-electron chi connectivity index (χ2n) is 6.73. The lowest BCUT2D eigenvalue weighted by atomic mass is 9.87. The number of rotatable bonds is 7. The van der Waals surface area contributed by atoms with Crippen molar-refractivity contribution in [3.63, 3.8) is 0 Å². The van der Waals surface area contributed by atoms with Gasteiger partial charge in [-0.05, 0) is 49.1 Å². The highest BCUT2D eigenvalue weighted by molar-refractivity contribution is 7.91. The van der Waals surface area contributed by atoms with Crippen LogP contribution in [0.3, 0.4) is 0 Å². The number of sulfone groups is 1. The molecule has 0 amide bonds. The van der Waals surface area contributed by atoms with Crippen LogP contribution in [0.25, 0.3) is 0 Å². The Kier molecular flexibility index (Phi) is 7.14. The van der Waals surface area contributed by atoms with Gasteiger partial charge >= 0.3 is 5.97 Å². The lowest BCUT2D eigenvalue weighted by Gasteiger charge is -2.28. The molecule has 1 unspecified atom stereocenters. The zero-order valence-electron chi connectivity index (χ0n) is 15.4. The first-order chi connectivity index (χ1) is 14.1. The minimum absolute atomic E-state index is 0.0165. The van der Waals surface area contributed by atoms with Crippen LogP contribution in [-0.2, 0) is 21.1 Å². The molecular formula is C19H17Cl3FNO5S. The maximum Gasteiger partial charge on any atom is 0.341 e. The van der Waals surface area contributed by atoms with Gasteiger partial charge in [0.1, 0.15) is 5.88 Å². The molecule has 0 bridgehead atoms. The van der Waals surface area contributed by atoms with Gasteiger partial charge in [-0.2, -0.15) is 0 Å². The van der Waals surface area contributed by atoms with E-state index in [0.29, 0.717) is 35.4 Å². The van der Waals surface area contributed by atoms with Crippen LogP contribution in [0.4, 0.5) is 4.39 Å². The summed E-state index contributed by atoms with van der Waals surface area (Å²) in [6.07, 6.45) is 1.65. The molecule has 0 saturated carbocycles. The molecule has 11 heteroatoms. The molecule has 30 heavy (non-hydrogen) atoms. The van der Waals surface area contributed by atoms with Crippen molar-refractivity contribution in [3.05, 3.63) is 56.3 Å². The number of ether oxygens (including phenoxy) is 1. The van der Waals surface area contributed by atoms with Gasteiger partial charge in [-0.15, -0.1) is 0 Å². The summed E-state index contributed by atoms with van der Waals surface area (Å²) in [5.41, 5.74) is 1.05. The summed E-state index contributed by atoms with van der Waals surface area (Å²) in [5, 5.41) is 11.9. The fourth-order valence-corrected chi connectivity index (χ4v) is 5.55. The van der Waals surface area contributed by atoms with Gasteiger partial charge in [0.25, 0.3) is 0 Å². The predicted octanol–water partition coefficient (Wildman–Crippen LogP) is 4.65. The van der Waals surface area contributed by atoms with Gasteiger partial charge in [-0.3, -0.25) is 5.32 Å². The fraction of sp³-hybridized carbons (Fsp3) is 0.316. The summed E-state index contributed by atoms with van der Waals surface area (Å²) < 4.78 is 45.0. The molecule has 2 N–H and O–H groups in total. The number of hydrogen-bond acceptors (Lipinski definition) is 5. The first-order valence-corrected chi connectivity index (χ1v) is 11.7. The summed E-state index contributed by atoms with van der Waals surface area (Å²) >= 11 is 17.8. The Hall–Kier alpha value is -1.58. The van der Waals surface area contributed by atoms with Gasteiger partial charge in [0.05, 0.1) is 14.9 Å². The highest BCUT2D eigenvalue weighted by atomic mass is 35.5. The second-order valence-corrected chi connectivity index (χ2v) is 9.94. The smallest absolute Gasteiger partial charge is 0.341 e. The Morgan fingerprint density at radius 1 is 1.23 bits per heavy atom. The normalized spacial score (nSPS) is 16.2. The highest BCUT2D eigenvalue weighted by Gasteiger charge is 2.29. The first-order valence-electron chi connectivity index (χ1n) is 8.86. The summed E-state index contributed by atoms with van der Waals surface area (Å²) in [6, 6.07) is 5.09. The molecular weight excluding hydrogens is 480 g/mol. The number of hydrogen-bond donors (Lipinski definition) is 2. The number of halogens is 4. The van der Waals surface area contributed by atoms with Crippen LogP contribution in [0.1, 0.15) is 30.0 Å². The van der Waals surface area contributed by atoms with Crippen LogP contribution in [0.5, 0.6) is 5.75 Å². The lowest BCUT2D eigenvalue weighted by Crippen LogP contribution is -2.31. The van der Waals surface area contributed by atoms with Gasteiger partial charge in [-0.1, -0.05) is 34.8 Å². The van der Waals surface area contributed by atoms with Crippen molar-refractivity contribution in [1.29, 1.82) is 0 Å². The van der Waals surface area contributed by atoms with Crippen molar-refractivity contribution in [2.75, 3.05) is 12.5 Å². The fourth-order valence-electron chi connectivity index (χ4n) is 3.38. The number of aliphatic carboxylic acids is 1. The molecule has 1 aliphatic carbocycles. The molecule has 6 nitrogen and oxygen atoms in total. The maximum atomic E-state index is 14.4. The molecule has 0 saturated heterocycles. The van der Waals surface area contributed by atoms with E-state index >= 15 is 0 Å². The van der Waals surface area contributed by atoms with Crippen molar-refractivity contribution >= 4 is 50.6 Å². The molecule has 0 spiro atoms. The Balaban J connectivity index is 1.87. The van der Waals surface area contributed by atoms with Crippen LogP contribution in [-0.4, -0.2) is 32.0 Å². The van der Waals surface area contributed by atoms with E-state index in [1.807, 2.05) is 0 Å². The minimum atomic E-state index is -3.78. The molecule has 1 aliphatic rings. The van der Waals surface area contributed by atoms with Gasteiger partial charge in [0.15, 0.2) is 28.0 Å². The Bertz CT molecular complexity index is 1090. The number of nitrogens with one attached hydrogen (secondary N) is 1. The quantitative estimate of drug-likeness (QED) is 0.580. The third kappa shape index (κ3) is 5.00. The molecule has 2 aromatic rings. The van der Waals surface area contributed by atoms with E-state index in [4.69, 9.17) is 44.6 Å². The third-order valence-electron chi connectivity index (χ3n) is 4.70. The average Bonchev–Trinajstić information content (AvgIpc) is 2.66. The monoisotopic (exact) mass is 495 g/mol. The van der Waals surface area contributed by atoms with Crippen LogP contribution in [0.2, 0.25) is 15.1 Å². The molecule has 0 radical (unpaired) electrons. The molecule has 3 rings (SSSR count). The number of fused-ring (bicyclic) bond motifs is 1. The Labute approximate surface area is 187 Å². The predicted molar refractivity (Wildman–Crippen MR) is 112 cm³/mol. The number of carboxylic acid groups (broad SMARTS) is 1. The van der Waals surface area contributed by atoms with Gasteiger partial charge in [0, 0.05) is 16.6 Å². The summed E-state index contributed by atoms with van der Waals surface area (Å²) in [4.78, 5) is 10.8. The maximum absolute atomic E-state index is 14.4. The Morgan fingerprint density at radius 2 is 1.97 bits per heavy atom. The van der Waals surface area contributed by atoms with Gasteiger partial charge in [-0.25, -0.2) is 17.6 Å². The van der Waals surface area contributed by atoms with E-state index in [0.717, 1.165) is 0 Å². The van der Waals surface area contributed by atoms with Crippen molar-refractivity contribution in [2.45, 2.75) is 30.2 Å². The van der Waals surface area contributed by atoms with Crippen LogP contribution < -0.4 is 10.1 Å². The topological polar surface area (TPSA) is 92.7 Å². The van der Waals surface area contributed by atoms with E-state index in [2.05, 4.69) is 5.32 Å². The summed E-state index contributed by atoms with van der Waals surface area (Å²) in [5.74, 6) is -2.72. The number of carbonyl (C=O) groups is 1. The Morgan fingerprint density at radius 3 is 2.63 bits per heavy atom. The zero-order chi connectivity index (χ0) is 22.1. The van der Waals surface area contributed by atoms with Crippen molar-refractivity contribution in [1.82, 2.24) is 5.32 Å². The number of carboxylic acids is 1. The molecule has 0 aromatic heterocycles.